The van der Waals surface area contributed by atoms with Gasteiger partial charge in [0.25, 0.3) is 0 Å². The van der Waals surface area contributed by atoms with Crippen LogP contribution < -0.4 is 0 Å². The molecule has 0 aliphatic carbocycles. The van der Waals surface area contributed by atoms with Crippen LogP contribution >= 0.6 is 15.9 Å². The maximum absolute atomic E-state index is 13.6. The van der Waals surface area contributed by atoms with Gasteiger partial charge in [-0.2, -0.15) is 0 Å². The Morgan fingerprint density at radius 3 is 2.50 bits per heavy atom. The molecule has 0 saturated carbocycles. The normalized spacial score (nSPS) is 15.5. The highest BCUT2D eigenvalue weighted by molar-refractivity contribution is 9.10. The zero-order valence-electron chi connectivity index (χ0n) is 11.5. The van der Waals surface area contributed by atoms with Gasteiger partial charge in [-0.25, -0.2) is 4.39 Å². The molecule has 1 aromatic carbocycles. The molecule has 0 radical (unpaired) electrons. The molecule has 3 heteroatoms. The quantitative estimate of drug-likeness (QED) is 0.863. The third-order valence-corrected chi connectivity index (χ3v) is 4.06. The zero-order chi connectivity index (χ0) is 13.9. The van der Waals surface area contributed by atoms with E-state index < -0.39 is 6.10 Å². The van der Waals surface area contributed by atoms with Crippen LogP contribution in [-0.4, -0.2) is 11.2 Å². The summed E-state index contributed by atoms with van der Waals surface area (Å²) in [6.45, 7) is 8.60. The average Bonchev–Trinajstić information content (AvgIpc) is 2.22. The molecule has 1 nitrogen and oxygen atoms in total. The summed E-state index contributed by atoms with van der Waals surface area (Å²) in [5, 5.41) is 10.1. The summed E-state index contributed by atoms with van der Waals surface area (Å²) in [5.74, 6) is 0.142. The maximum atomic E-state index is 13.6. The van der Waals surface area contributed by atoms with Gasteiger partial charge in [-0.05, 0) is 41.5 Å². The first kappa shape index (κ1) is 15.6. The fraction of sp³-hybridized carbons (Fsp3) is 0.600. The first-order valence-corrected chi connectivity index (χ1v) is 7.11. The minimum Gasteiger partial charge on any atom is -0.393 e. The largest absolute Gasteiger partial charge is 0.393 e. The predicted octanol–water partition coefficient (Wildman–Crippen LogP) is 4.56. The minimum atomic E-state index is -0.497. The molecular formula is C15H22BrFO. The zero-order valence-corrected chi connectivity index (χ0v) is 13.1. The third-order valence-electron chi connectivity index (χ3n) is 3.57. The van der Waals surface area contributed by atoms with Gasteiger partial charge in [-0.1, -0.05) is 43.6 Å². The Morgan fingerprint density at radius 2 is 1.94 bits per heavy atom. The van der Waals surface area contributed by atoms with Crippen LogP contribution in [0.1, 0.15) is 39.7 Å². The van der Waals surface area contributed by atoms with Crippen LogP contribution in [0.4, 0.5) is 4.39 Å². The van der Waals surface area contributed by atoms with Gasteiger partial charge in [-0.3, -0.25) is 0 Å². The van der Waals surface area contributed by atoms with Crippen molar-refractivity contribution < 1.29 is 9.50 Å². The van der Waals surface area contributed by atoms with E-state index in [1.807, 2.05) is 0 Å². The summed E-state index contributed by atoms with van der Waals surface area (Å²) in [5.41, 5.74) is 0.731. The van der Waals surface area contributed by atoms with Crippen molar-refractivity contribution in [2.24, 2.45) is 11.3 Å². The van der Waals surface area contributed by atoms with E-state index >= 15 is 0 Å². The van der Waals surface area contributed by atoms with Gasteiger partial charge in [-0.15, -0.1) is 0 Å². The van der Waals surface area contributed by atoms with Gasteiger partial charge in [0.05, 0.1) is 6.10 Å². The highest BCUT2D eigenvalue weighted by Gasteiger charge is 2.23. The van der Waals surface area contributed by atoms with Crippen molar-refractivity contribution >= 4 is 15.9 Å². The molecule has 1 rings (SSSR count). The number of hydrogen-bond acceptors (Lipinski definition) is 1. The second-order valence-corrected chi connectivity index (χ2v) is 7.01. The lowest BCUT2D eigenvalue weighted by atomic mass is 9.78. The van der Waals surface area contributed by atoms with Gasteiger partial charge in [0, 0.05) is 10.9 Å². The molecule has 0 saturated heterocycles. The Kier molecular flexibility index (Phi) is 5.35. The summed E-state index contributed by atoms with van der Waals surface area (Å²) in [6.07, 6.45) is 0.559. The Morgan fingerprint density at radius 1 is 1.33 bits per heavy atom. The fourth-order valence-corrected chi connectivity index (χ4v) is 2.21. The summed E-state index contributed by atoms with van der Waals surface area (Å²) in [7, 11) is 0. The second-order valence-electron chi connectivity index (χ2n) is 6.10. The highest BCUT2D eigenvalue weighted by atomic mass is 79.9. The molecule has 2 unspecified atom stereocenters. The van der Waals surface area contributed by atoms with Gasteiger partial charge in [0.1, 0.15) is 5.82 Å². The molecule has 18 heavy (non-hydrogen) atoms. The molecule has 2 atom stereocenters. The summed E-state index contributed by atoms with van der Waals surface area (Å²) < 4.78 is 14.4. The molecular weight excluding hydrogens is 295 g/mol. The van der Waals surface area contributed by atoms with Crippen LogP contribution in [0.15, 0.2) is 22.7 Å². The highest BCUT2D eigenvalue weighted by Crippen LogP contribution is 2.30. The molecule has 0 aliphatic heterocycles. The van der Waals surface area contributed by atoms with E-state index in [2.05, 4.69) is 43.6 Å². The topological polar surface area (TPSA) is 20.2 Å². The lowest BCUT2D eigenvalue weighted by Crippen LogP contribution is -2.24. The van der Waals surface area contributed by atoms with Crippen LogP contribution in [0.5, 0.6) is 0 Å². The standard InChI is InChI=1S/C15H22BrFO/c1-10(15(2,3)4)7-13(18)9-11-8-12(16)5-6-14(11)17/h5-6,8,10,13,18H,7,9H2,1-4H3. The smallest absolute Gasteiger partial charge is 0.126 e. The summed E-state index contributed by atoms with van der Waals surface area (Å²) >= 11 is 3.32. The molecule has 0 amide bonds. The lowest BCUT2D eigenvalue weighted by Gasteiger charge is -2.29. The van der Waals surface area contributed by atoms with Crippen molar-refractivity contribution in [1.29, 1.82) is 0 Å². The van der Waals surface area contributed by atoms with Crippen molar-refractivity contribution in [3.63, 3.8) is 0 Å². The van der Waals surface area contributed by atoms with Crippen LogP contribution in [-0.2, 0) is 6.42 Å². The third kappa shape index (κ3) is 4.69. The van der Waals surface area contributed by atoms with Gasteiger partial charge < -0.3 is 5.11 Å². The first-order chi connectivity index (χ1) is 8.20. The Hall–Kier alpha value is -0.410. The fourth-order valence-electron chi connectivity index (χ4n) is 1.80. The number of aliphatic hydroxyl groups is 1. The number of halogens is 2. The second kappa shape index (κ2) is 6.16. The van der Waals surface area contributed by atoms with E-state index in [9.17, 15) is 9.50 Å². The van der Waals surface area contributed by atoms with E-state index in [1.54, 1.807) is 12.1 Å². The van der Waals surface area contributed by atoms with Crippen molar-refractivity contribution in [1.82, 2.24) is 0 Å². The van der Waals surface area contributed by atoms with E-state index in [0.717, 1.165) is 4.47 Å². The number of benzene rings is 1. The Bertz CT molecular complexity index is 398. The summed E-state index contributed by atoms with van der Waals surface area (Å²) in [4.78, 5) is 0. The number of hydrogen-bond donors (Lipinski definition) is 1. The molecule has 0 aromatic heterocycles. The van der Waals surface area contributed by atoms with Crippen LogP contribution in [0.2, 0.25) is 0 Å². The molecule has 0 heterocycles. The Balaban J connectivity index is 2.65. The molecule has 0 spiro atoms. The van der Waals surface area contributed by atoms with Gasteiger partial charge in [0.15, 0.2) is 0 Å². The lowest BCUT2D eigenvalue weighted by molar-refractivity contribution is 0.109. The Labute approximate surface area is 118 Å². The molecule has 1 aromatic rings. The molecule has 0 fully saturated rings. The monoisotopic (exact) mass is 316 g/mol. The van der Waals surface area contributed by atoms with Gasteiger partial charge in [0.2, 0.25) is 0 Å². The predicted molar refractivity (Wildman–Crippen MR) is 77.0 cm³/mol. The molecule has 0 bridgehead atoms. The molecule has 1 N–H and O–H groups in total. The van der Waals surface area contributed by atoms with E-state index in [-0.39, 0.29) is 11.2 Å². The summed E-state index contributed by atoms with van der Waals surface area (Å²) in [6, 6.07) is 4.84. The number of aliphatic hydroxyl groups excluding tert-OH is 1. The van der Waals surface area contributed by atoms with Crippen molar-refractivity contribution in [3.8, 4) is 0 Å². The van der Waals surface area contributed by atoms with Crippen molar-refractivity contribution in [2.45, 2.75) is 46.6 Å². The van der Waals surface area contributed by atoms with Crippen LogP contribution in [0.3, 0.4) is 0 Å². The molecule has 0 aliphatic rings. The van der Waals surface area contributed by atoms with Crippen molar-refractivity contribution in [3.05, 3.63) is 34.1 Å². The maximum Gasteiger partial charge on any atom is 0.126 e. The van der Waals surface area contributed by atoms with Gasteiger partial charge >= 0.3 is 0 Å². The van der Waals surface area contributed by atoms with Crippen molar-refractivity contribution in [2.75, 3.05) is 0 Å². The first-order valence-electron chi connectivity index (χ1n) is 6.32. The minimum absolute atomic E-state index is 0.163. The SMILES string of the molecule is CC(CC(O)Cc1cc(Br)ccc1F)C(C)(C)C. The van der Waals surface area contributed by atoms with E-state index in [4.69, 9.17) is 0 Å². The van der Waals surface area contributed by atoms with E-state index in [0.29, 0.717) is 24.3 Å². The average molecular weight is 317 g/mol. The number of rotatable bonds is 4. The molecule has 102 valence electrons. The van der Waals surface area contributed by atoms with Crippen LogP contribution in [0.25, 0.3) is 0 Å². The van der Waals surface area contributed by atoms with E-state index in [1.165, 1.54) is 6.07 Å². The van der Waals surface area contributed by atoms with Crippen LogP contribution in [0, 0.1) is 17.2 Å².